The average Bonchev–Trinajstić information content (AvgIpc) is 2.66. The molecule has 1 aromatic heterocycles. The molecule has 92 valence electrons. The number of anilines is 1. The van der Waals surface area contributed by atoms with Gasteiger partial charge in [-0.05, 0) is 25.5 Å². The van der Waals surface area contributed by atoms with E-state index in [9.17, 15) is 4.79 Å². The molecule has 0 saturated carbocycles. The van der Waals surface area contributed by atoms with Crippen molar-refractivity contribution in [3.8, 4) is 12.3 Å². The minimum atomic E-state index is -0.302. The van der Waals surface area contributed by atoms with Crippen LogP contribution in [0.2, 0.25) is 0 Å². The largest absolute Gasteiger partial charge is 0.397 e. The summed E-state index contributed by atoms with van der Waals surface area (Å²) in [5.41, 5.74) is 7.68. The number of carbonyl (C=O) groups is 1. The minimum Gasteiger partial charge on any atom is -0.397 e. The van der Waals surface area contributed by atoms with Crippen molar-refractivity contribution < 1.29 is 4.79 Å². The number of hydrogen-bond donors (Lipinski definition) is 2. The Kier molecular flexibility index (Phi) is 3.26. The number of fused-ring (bicyclic) bond motifs is 1. The molecule has 18 heavy (non-hydrogen) atoms. The monoisotopic (exact) mass is 258 g/mol. The first kappa shape index (κ1) is 12.5. The van der Waals surface area contributed by atoms with Crippen molar-refractivity contribution in [3.63, 3.8) is 0 Å². The zero-order valence-corrected chi connectivity index (χ0v) is 11.1. The van der Waals surface area contributed by atoms with Crippen LogP contribution < -0.4 is 11.1 Å². The predicted molar refractivity (Wildman–Crippen MR) is 76.7 cm³/mol. The highest BCUT2D eigenvalue weighted by molar-refractivity contribution is 7.21. The van der Waals surface area contributed by atoms with Gasteiger partial charge < -0.3 is 11.1 Å². The molecule has 4 heteroatoms. The number of nitrogens with two attached hydrogens (primary N) is 1. The van der Waals surface area contributed by atoms with Crippen molar-refractivity contribution in [2.75, 3.05) is 5.73 Å². The number of nitrogens with one attached hydrogen (secondary N) is 1. The van der Waals surface area contributed by atoms with Crippen LogP contribution in [0.3, 0.4) is 0 Å². The van der Waals surface area contributed by atoms with Gasteiger partial charge in [-0.2, -0.15) is 0 Å². The molecule has 2 rings (SSSR count). The van der Waals surface area contributed by atoms with Gasteiger partial charge in [0.05, 0.1) is 11.7 Å². The standard InChI is InChI=1S/C14H14N2OS/c1-4-9(3)16-14(17)13-12(15)10-6-5-8(2)7-11(10)18-13/h1,5-7,9H,15H2,2-3H3,(H,16,17). The van der Waals surface area contributed by atoms with Crippen LogP contribution in [0.4, 0.5) is 5.69 Å². The summed E-state index contributed by atoms with van der Waals surface area (Å²) in [6.45, 7) is 3.76. The molecule has 0 spiro atoms. The molecule has 3 N–H and O–H groups in total. The van der Waals surface area contributed by atoms with E-state index < -0.39 is 0 Å². The van der Waals surface area contributed by atoms with E-state index in [0.29, 0.717) is 10.6 Å². The molecule has 1 unspecified atom stereocenters. The summed E-state index contributed by atoms with van der Waals surface area (Å²) in [6.07, 6.45) is 5.24. The van der Waals surface area contributed by atoms with Crippen molar-refractivity contribution in [1.29, 1.82) is 0 Å². The number of carbonyl (C=O) groups excluding carboxylic acids is 1. The molecule has 1 amide bonds. The Bertz CT molecular complexity index is 652. The average molecular weight is 258 g/mol. The molecule has 0 saturated heterocycles. The van der Waals surface area contributed by atoms with Gasteiger partial charge in [-0.3, -0.25) is 4.79 Å². The molecule has 2 aromatic rings. The second-order valence-corrected chi connectivity index (χ2v) is 5.26. The van der Waals surface area contributed by atoms with E-state index in [2.05, 4.69) is 11.2 Å². The molecule has 1 heterocycles. The topological polar surface area (TPSA) is 55.1 Å². The first-order valence-electron chi connectivity index (χ1n) is 5.58. The lowest BCUT2D eigenvalue weighted by molar-refractivity contribution is 0.0953. The highest BCUT2D eigenvalue weighted by Crippen LogP contribution is 2.34. The number of rotatable bonds is 2. The van der Waals surface area contributed by atoms with Crippen molar-refractivity contribution in [3.05, 3.63) is 28.6 Å². The van der Waals surface area contributed by atoms with Crippen LogP contribution in [0.25, 0.3) is 10.1 Å². The van der Waals surface area contributed by atoms with Gasteiger partial charge >= 0.3 is 0 Å². The molecule has 0 fully saturated rings. The lowest BCUT2D eigenvalue weighted by Gasteiger charge is -2.06. The minimum absolute atomic E-state index is 0.211. The predicted octanol–water partition coefficient (Wildman–Crippen LogP) is 2.54. The quantitative estimate of drug-likeness (QED) is 0.813. The van der Waals surface area contributed by atoms with Gasteiger partial charge in [-0.15, -0.1) is 17.8 Å². The molecule has 0 aliphatic carbocycles. The van der Waals surface area contributed by atoms with Crippen LogP contribution in [0.1, 0.15) is 22.2 Å². The third-order valence-corrected chi connectivity index (χ3v) is 3.85. The Labute approximate surface area is 110 Å². The fourth-order valence-corrected chi connectivity index (χ4v) is 2.82. The second kappa shape index (κ2) is 4.71. The van der Waals surface area contributed by atoms with Gasteiger partial charge in [-0.1, -0.05) is 18.1 Å². The van der Waals surface area contributed by atoms with E-state index in [-0.39, 0.29) is 11.9 Å². The van der Waals surface area contributed by atoms with Crippen molar-refractivity contribution in [1.82, 2.24) is 5.32 Å². The third kappa shape index (κ3) is 2.18. The molecular weight excluding hydrogens is 244 g/mol. The third-order valence-electron chi connectivity index (χ3n) is 2.69. The molecule has 1 aromatic carbocycles. The Morgan fingerprint density at radius 1 is 1.56 bits per heavy atom. The van der Waals surface area contributed by atoms with Crippen LogP contribution in [0.15, 0.2) is 18.2 Å². The summed E-state index contributed by atoms with van der Waals surface area (Å²) in [4.78, 5) is 12.5. The molecule has 0 aliphatic rings. The number of thiophene rings is 1. The Morgan fingerprint density at radius 3 is 2.94 bits per heavy atom. The molecule has 0 radical (unpaired) electrons. The van der Waals surface area contributed by atoms with Gasteiger partial charge in [0.2, 0.25) is 0 Å². The van der Waals surface area contributed by atoms with E-state index in [0.717, 1.165) is 15.6 Å². The number of terminal acetylenes is 1. The summed E-state index contributed by atoms with van der Waals surface area (Å²) < 4.78 is 1.02. The molecule has 3 nitrogen and oxygen atoms in total. The zero-order valence-electron chi connectivity index (χ0n) is 10.3. The van der Waals surface area contributed by atoms with Gasteiger partial charge in [-0.25, -0.2) is 0 Å². The number of aryl methyl sites for hydroxylation is 1. The molecule has 1 atom stereocenters. The number of nitrogen functional groups attached to an aromatic ring is 1. The van der Waals surface area contributed by atoms with Crippen LogP contribution in [-0.4, -0.2) is 11.9 Å². The van der Waals surface area contributed by atoms with Crippen molar-refractivity contribution >= 4 is 33.0 Å². The normalized spacial score (nSPS) is 12.1. The molecule has 0 aliphatic heterocycles. The van der Waals surface area contributed by atoms with Crippen molar-refractivity contribution in [2.24, 2.45) is 0 Å². The van der Waals surface area contributed by atoms with Crippen LogP contribution in [0.5, 0.6) is 0 Å². The van der Waals surface area contributed by atoms with E-state index in [1.807, 2.05) is 25.1 Å². The van der Waals surface area contributed by atoms with Crippen molar-refractivity contribution in [2.45, 2.75) is 19.9 Å². The number of amides is 1. The summed E-state index contributed by atoms with van der Waals surface area (Å²) >= 11 is 1.39. The summed E-state index contributed by atoms with van der Waals surface area (Å²) in [6, 6.07) is 5.65. The maximum atomic E-state index is 12.0. The smallest absolute Gasteiger partial charge is 0.264 e. The number of hydrogen-bond acceptors (Lipinski definition) is 3. The van der Waals surface area contributed by atoms with Crippen LogP contribution in [0, 0.1) is 19.3 Å². The first-order chi connectivity index (χ1) is 8.52. The van der Waals surface area contributed by atoms with E-state index in [4.69, 9.17) is 12.2 Å². The first-order valence-corrected chi connectivity index (χ1v) is 6.40. The fourth-order valence-electron chi connectivity index (χ4n) is 1.70. The maximum absolute atomic E-state index is 12.0. The zero-order chi connectivity index (χ0) is 13.3. The van der Waals surface area contributed by atoms with Gasteiger partial charge in [0, 0.05) is 10.1 Å². The Morgan fingerprint density at radius 2 is 2.28 bits per heavy atom. The lowest BCUT2D eigenvalue weighted by atomic mass is 10.1. The highest BCUT2D eigenvalue weighted by atomic mass is 32.1. The van der Waals surface area contributed by atoms with Gasteiger partial charge in [0.1, 0.15) is 4.88 Å². The fraction of sp³-hybridized carbons (Fsp3) is 0.214. The Hall–Kier alpha value is -1.99. The van der Waals surface area contributed by atoms with E-state index in [1.54, 1.807) is 6.92 Å². The summed E-state index contributed by atoms with van der Waals surface area (Å²) in [5, 5.41) is 3.64. The Balaban J connectivity index is 2.43. The second-order valence-electron chi connectivity index (χ2n) is 4.21. The lowest BCUT2D eigenvalue weighted by Crippen LogP contribution is -2.31. The van der Waals surface area contributed by atoms with E-state index in [1.165, 1.54) is 11.3 Å². The summed E-state index contributed by atoms with van der Waals surface area (Å²) in [5.74, 6) is 2.25. The van der Waals surface area contributed by atoms with Crippen LogP contribution in [-0.2, 0) is 0 Å². The maximum Gasteiger partial charge on any atom is 0.264 e. The van der Waals surface area contributed by atoms with Gasteiger partial charge in [0.25, 0.3) is 5.91 Å². The van der Waals surface area contributed by atoms with Gasteiger partial charge in [0.15, 0.2) is 0 Å². The summed E-state index contributed by atoms with van der Waals surface area (Å²) in [7, 11) is 0. The van der Waals surface area contributed by atoms with Crippen LogP contribution >= 0.6 is 11.3 Å². The SMILES string of the molecule is C#CC(C)NC(=O)c1sc2cc(C)ccc2c1N. The molecule has 0 bridgehead atoms. The number of benzene rings is 1. The highest BCUT2D eigenvalue weighted by Gasteiger charge is 2.17. The van der Waals surface area contributed by atoms with E-state index >= 15 is 0 Å². The molecular formula is C14H14N2OS.